The van der Waals surface area contributed by atoms with Crippen LogP contribution in [0, 0.1) is 6.92 Å². The van der Waals surface area contributed by atoms with Gasteiger partial charge >= 0.3 is 0 Å². The zero-order valence-electron chi connectivity index (χ0n) is 15.5. The number of amides is 1. The number of nitrogens with zero attached hydrogens (tertiary/aromatic N) is 3. The van der Waals surface area contributed by atoms with Crippen LogP contribution in [0.25, 0.3) is 0 Å². The first kappa shape index (κ1) is 19.0. The molecular weight excluding hydrogens is 360 g/mol. The molecule has 6 nitrogen and oxygen atoms in total. The molecule has 27 heavy (non-hydrogen) atoms. The van der Waals surface area contributed by atoms with E-state index in [0.717, 1.165) is 17.0 Å². The summed E-state index contributed by atoms with van der Waals surface area (Å²) >= 11 is 1.34. The van der Waals surface area contributed by atoms with Crippen LogP contribution in [0.3, 0.4) is 0 Å². The Kier molecular flexibility index (Phi) is 6.13. The quantitative estimate of drug-likeness (QED) is 0.626. The molecule has 0 aliphatic heterocycles. The van der Waals surface area contributed by atoms with Crippen LogP contribution >= 0.6 is 11.8 Å². The van der Waals surface area contributed by atoms with Crippen LogP contribution < -0.4 is 10.1 Å². The van der Waals surface area contributed by atoms with E-state index in [4.69, 9.17) is 4.74 Å². The summed E-state index contributed by atoms with van der Waals surface area (Å²) in [5.74, 6) is 1.66. The summed E-state index contributed by atoms with van der Waals surface area (Å²) in [7, 11) is 1.88. The van der Waals surface area contributed by atoms with Gasteiger partial charge in [-0.3, -0.25) is 4.79 Å². The zero-order valence-corrected chi connectivity index (χ0v) is 16.4. The fraction of sp³-hybridized carbons (Fsp3) is 0.250. The van der Waals surface area contributed by atoms with E-state index >= 15 is 0 Å². The second-order valence-electron chi connectivity index (χ2n) is 6.18. The molecule has 1 heterocycles. The van der Waals surface area contributed by atoms with E-state index in [-0.39, 0.29) is 17.8 Å². The number of aromatic nitrogens is 3. The Hall–Kier alpha value is -2.80. The highest BCUT2D eigenvalue weighted by Gasteiger charge is 2.18. The molecule has 0 radical (unpaired) electrons. The number of carbonyl (C=O) groups excluding carboxylic acids is 1. The van der Waals surface area contributed by atoms with Crippen molar-refractivity contribution in [1.82, 2.24) is 14.8 Å². The summed E-state index contributed by atoms with van der Waals surface area (Å²) in [6, 6.07) is 17.3. The van der Waals surface area contributed by atoms with E-state index < -0.39 is 0 Å². The molecular formula is C20H22N4O2S. The number of para-hydroxylation sites is 1. The van der Waals surface area contributed by atoms with Crippen LogP contribution in [0.15, 0.2) is 59.8 Å². The number of hydrogen-bond acceptors (Lipinski definition) is 5. The van der Waals surface area contributed by atoms with E-state index in [1.165, 1.54) is 11.8 Å². The van der Waals surface area contributed by atoms with Gasteiger partial charge in [0.05, 0.1) is 5.75 Å². The van der Waals surface area contributed by atoms with Crippen LogP contribution in [0.5, 0.6) is 5.75 Å². The topological polar surface area (TPSA) is 69.0 Å². The van der Waals surface area contributed by atoms with Gasteiger partial charge in [-0.25, -0.2) is 0 Å². The number of hydrogen-bond donors (Lipinski definition) is 1. The van der Waals surface area contributed by atoms with Gasteiger partial charge in [-0.2, -0.15) is 0 Å². The van der Waals surface area contributed by atoms with Gasteiger partial charge in [-0.15, -0.1) is 10.2 Å². The molecule has 1 atom stereocenters. The molecule has 0 aliphatic rings. The van der Waals surface area contributed by atoms with Crippen molar-refractivity contribution < 1.29 is 9.53 Å². The average Bonchev–Trinajstić information content (AvgIpc) is 3.03. The second kappa shape index (κ2) is 8.73. The first-order valence-corrected chi connectivity index (χ1v) is 9.62. The molecule has 2 aromatic carbocycles. The highest BCUT2D eigenvalue weighted by molar-refractivity contribution is 7.99. The summed E-state index contributed by atoms with van der Waals surface area (Å²) in [4.78, 5) is 12.1. The highest BCUT2D eigenvalue weighted by atomic mass is 32.2. The summed E-state index contributed by atoms with van der Waals surface area (Å²) in [6.07, 6.45) is -0.249. The van der Waals surface area contributed by atoms with Crippen LogP contribution in [0.4, 0.5) is 5.69 Å². The van der Waals surface area contributed by atoms with Gasteiger partial charge in [0, 0.05) is 12.7 Å². The van der Waals surface area contributed by atoms with Crippen LogP contribution in [-0.4, -0.2) is 26.4 Å². The predicted molar refractivity (Wildman–Crippen MR) is 107 cm³/mol. The molecule has 7 heteroatoms. The lowest BCUT2D eigenvalue weighted by Gasteiger charge is -2.14. The van der Waals surface area contributed by atoms with E-state index in [1.807, 2.05) is 80.1 Å². The lowest BCUT2D eigenvalue weighted by atomic mass is 10.2. The molecule has 3 aromatic rings. The molecule has 0 unspecified atom stereocenters. The van der Waals surface area contributed by atoms with Crippen LogP contribution in [0.1, 0.15) is 24.4 Å². The third-order valence-corrected chi connectivity index (χ3v) is 4.98. The Bertz CT molecular complexity index is 894. The van der Waals surface area contributed by atoms with Gasteiger partial charge in [0.1, 0.15) is 5.75 Å². The molecule has 0 saturated carbocycles. The van der Waals surface area contributed by atoms with Crippen molar-refractivity contribution in [1.29, 1.82) is 0 Å². The molecule has 1 aromatic heterocycles. The minimum atomic E-state index is -0.249. The van der Waals surface area contributed by atoms with Gasteiger partial charge in [-0.1, -0.05) is 47.7 Å². The maximum Gasteiger partial charge on any atom is 0.234 e. The number of aryl methyl sites for hydroxylation is 1. The van der Waals surface area contributed by atoms with Crippen molar-refractivity contribution in [3.63, 3.8) is 0 Å². The van der Waals surface area contributed by atoms with Crippen molar-refractivity contribution in [2.24, 2.45) is 7.05 Å². The Morgan fingerprint density at radius 3 is 2.56 bits per heavy atom. The minimum absolute atomic E-state index is 0.0815. The molecule has 0 bridgehead atoms. The molecule has 0 saturated heterocycles. The number of benzene rings is 2. The van der Waals surface area contributed by atoms with E-state index in [9.17, 15) is 4.79 Å². The van der Waals surface area contributed by atoms with E-state index in [2.05, 4.69) is 15.5 Å². The average molecular weight is 382 g/mol. The number of rotatable bonds is 7. The van der Waals surface area contributed by atoms with Gasteiger partial charge in [0.15, 0.2) is 17.1 Å². The largest absolute Gasteiger partial charge is 0.483 e. The Morgan fingerprint density at radius 1 is 1.15 bits per heavy atom. The van der Waals surface area contributed by atoms with Crippen molar-refractivity contribution in [3.8, 4) is 5.75 Å². The predicted octanol–water partition coefficient (Wildman–Crippen LogP) is 3.99. The van der Waals surface area contributed by atoms with Crippen LogP contribution in [-0.2, 0) is 11.8 Å². The standard InChI is InChI=1S/C20H22N4O2S/c1-14-9-11-16(12-10-14)21-18(25)13-27-20-23-22-19(24(20)3)15(2)26-17-7-5-4-6-8-17/h4-12,15H,13H2,1-3H3,(H,21,25)/t15-/m1/s1. The maximum atomic E-state index is 12.1. The Morgan fingerprint density at radius 2 is 1.85 bits per heavy atom. The SMILES string of the molecule is Cc1ccc(NC(=O)CSc2nnc([C@@H](C)Oc3ccccc3)n2C)cc1. The van der Waals surface area contributed by atoms with Gasteiger partial charge in [0.25, 0.3) is 0 Å². The summed E-state index contributed by atoms with van der Waals surface area (Å²) in [5.41, 5.74) is 1.94. The fourth-order valence-electron chi connectivity index (χ4n) is 2.53. The van der Waals surface area contributed by atoms with Gasteiger partial charge in [-0.05, 0) is 38.1 Å². The number of nitrogens with one attached hydrogen (secondary N) is 1. The molecule has 1 amide bonds. The highest BCUT2D eigenvalue weighted by Crippen LogP contribution is 2.23. The number of thioether (sulfide) groups is 1. The first-order chi connectivity index (χ1) is 13.0. The molecule has 3 rings (SSSR count). The van der Waals surface area contributed by atoms with Crippen LogP contribution in [0.2, 0.25) is 0 Å². The first-order valence-electron chi connectivity index (χ1n) is 8.63. The van der Waals surface area contributed by atoms with E-state index in [0.29, 0.717) is 11.0 Å². The lowest BCUT2D eigenvalue weighted by molar-refractivity contribution is -0.113. The van der Waals surface area contributed by atoms with E-state index in [1.54, 1.807) is 0 Å². The normalized spacial score (nSPS) is 11.8. The van der Waals surface area contributed by atoms with Gasteiger partial charge < -0.3 is 14.6 Å². The Labute approximate surface area is 163 Å². The fourth-order valence-corrected chi connectivity index (χ4v) is 3.24. The number of carbonyl (C=O) groups is 1. The smallest absolute Gasteiger partial charge is 0.234 e. The third-order valence-electron chi connectivity index (χ3n) is 3.96. The Balaban J connectivity index is 1.56. The summed E-state index contributed by atoms with van der Waals surface area (Å²) in [5, 5.41) is 12.0. The number of ether oxygens (including phenoxy) is 1. The third kappa shape index (κ3) is 5.10. The zero-order chi connectivity index (χ0) is 19.2. The van der Waals surface area contributed by atoms with Gasteiger partial charge in [0.2, 0.25) is 5.91 Å². The number of anilines is 1. The molecule has 0 fully saturated rings. The lowest BCUT2D eigenvalue weighted by Crippen LogP contribution is -2.14. The van der Waals surface area contributed by atoms with Crippen molar-refractivity contribution in [2.45, 2.75) is 25.1 Å². The van der Waals surface area contributed by atoms with Crippen molar-refractivity contribution >= 4 is 23.4 Å². The minimum Gasteiger partial charge on any atom is -0.483 e. The molecule has 0 aliphatic carbocycles. The van der Waals surface area contributed by atoms with Crippen molar-refractivity contribution in [2.75, 3.05) is 11.1 Å². The van der Waals surface area contributed by atoms with Crippen molar-refractivity contribution in [3.05, 3.63) is 66.0 Å². The summed E-state index contributed by atoms with van der Waals surface area (Å²) < 4.78 is 7.76. The molecule has 1 N–H and O–H groups in total. The summed E-state index contributed by atoms with van der Waals surface area (Å²) in [6.45, 7) is 3.94. The maximum absolute atomic E-state index is 12.1. The molecule has 0 spiro atoms. The second-order valence-corrected chi connectivity index (χ2v) is 7.12. The monoisotopic (exact) mass is 382 g/mol. The molecule has 140 valence electrons.